The second-order valence-electron chi connectivity index (χ2n) is 8.03. The summed E-state index contributed by atoms with van der Waals surface area (Å²) in [7, 11) is 0. The number of likely N-dealkylation sites (N-methyl/N-ethyl adjacent to an activating group) is 2. The lowest BCUT2D eigenvalue weighted by atomic mass is 9.87. The van der Waals surface area contributed by atoms with Crippen molar-refractivity contribution in [2.75, 3.05) is 19.6 Å². The van der Waals surface area contributed by atoms with E-state index in [1.807, 2.05) is 38.1 Å². The fraction of sp³-hybridized carbons (Fsp3) is 0.417. The predicted molar refractivity (Wildman–Crippen MR) is 116 cm³/mol. The number of benzene rings is 2. The van der Waals surface area contributed by atoms with Crippen LogP contribution in [0, 0.1) is 0 Å². The monoisotopic (exact) mass is 396 g/mol. The standard InChI is InChI=1S/C24H32N2O3/c1-6-25-22(27)16-26(7-2)23(28)19-10-8-18(9-11-19)17-29-21-14-12-20(13-15-21)24(3,4)5/h8-15H,6-7,16-17H2,1-5H3,(H,25,27). The molecule has 29 heavy (non-hydrogen) atoms. The zero-order valence-electron chi connectivity index (χ0n) is 18.1. The van der Waals surface area contributed by atoms with Gasteiger partial charge < -0.3 is 15.0 Å². The summed E-state index contributed by atoms with van der Waals surface area (Å²) in [5.74, 6) is 0.520. The van der Waals surface area contributed by atoms with E-state index in [0.29, 0.717) is 25.3 Å². The Balaban J connectivity index is 1.95. The molecule has 0 saturated heterocycles. The first-order valence-corrected chi connectivity index (χ1v) is 10.1. The van der Waals surface area contributed by atoms with Gasteiger partial charge in [-0.2, -0.15) is 0 Å². The number of carbonyl (C=O) groups excluding carboxylic acids is 2. The molecule has 0 bridgehead atoms. The quantitative estimate of drug-likeness (QED) is 0.729. The fourth-order valence-corrected chi connectivity index (χ4v) is 2.90. The smallest absolute Gasteiger partial charge is 0.254 e. The second kappa shape index (κ2) is 10.1. The molecule has 0 aliphatic carbocycles. The van der Waals surface area contributed by atoms with Crippen LogP contribution in [-0.4, -0.2) is 36.3 Å². The lowest BCUT2D eigenvalue weighted by molar-refractivity contribution is -0.121. The molecule has 2 amide bonds. The summed E-state index contributed by atoms with van der Waals surface area (Å²) >= 11 is 0. The first kappa shape index (κ1) is 22.5. The molecule has 0 spiro atoms. The second-order valence-corrected chi connectivity index (χ2v) is 8.03. The van der Waals surface area contributed by atoms with Gasteiger partial charge in [0.05, 0.1) is 6.54 Å². The van der Waals surface area contributed by atoms with E-state index in [1.54, 1.807) is 12.1 Å². The van der Waals surface area contributed by atoms with Gasteiger partial charge in [0.15, 0.2) is 0 Å². The van der Waals surface area contributed by atoms with E-state index in [2.05, 4.69) is 38.2 Å². The number of amides is 2. The summed E-state index contributed by atoms with van der Waals surface area (Å²) < 4.78 is 5.86. The first-order chi connectivity index (χ1) is 13.7. The van der Waals surface area contributed by atoms with E-state index in [9.17, 15) is 9.59 Å². The van der Waals surface area contributed by atoms with Crippen molar-refractivity contribution in [2.45, 2.75) is 46.6 Å². The van der Waals surface area contributed by atoms with Gasteiger partial charge >= 0.3 is 0 Å². The maximum atomic E-state index is 12.6. The SMILES string of the molecule is CCNC(=O)CN(CC)C(=O)c1ccc(COc2ccc(C(C)(C)C)cc2)cc1. The van der Waals surface area contributed by atoms with E-state index in [1.165, 1.54) is 10.5 Å². The molecule has 0 radical (unpaired) electrons. The number of hydrogen-bond donors (Lipinski definition) is 1. The predicted octanol–water partition coefficient (Wildman–Crippen LogP) is 4.16. The minimum Gasteiger partial charge on any atom is -0.489 e. The van der Waals surface area contributed by atoms with Crippen molar-refractivity contribution in [3.8, 4) is 5.75 Å². The van der Waals surface area contributed by atoms with Gasteiger partial charge in [0.2, 0.25) is 5.91 Å². The van der Waals surface area contributed by atoms with E-state index in [0.717, 1.165) is 11.3 Å². The van der Waals surface area contributed by atoms with E-state index in [4.69, 9.17) is 4.74 Å². The van der Waals surface area contributed by atoms with Crippen molar-refractivity contribution >= 4 is 11.8 Å². The van der Waals surface area contributed by atoms with Gasteiger partial charge in [-0.15, -0.1) is 0 Å². The van der Waals surface area contributed by atoms with Crippen LogP contribution in [-0.2, 0) is 16.8 Å². The van der Waals surface area contributed by atoms with Gasteiger partial charge in [0.25, 0.3) is 5.91 Å². The Bertz CT molecular complexity index is 806. The van der Waals surface area contributed by atoms with E-state index in [-0.39, 0.29) is 23.8 Å². The van der Waals surface area contributed by atoms with Crippen molar-refractivity contribution in [2.24, 2.45) is 0 Å². The number of hydrogen-bond acceptors (Lipinski definition) is 3. The van der Waals surface area contributed by atoms with Gasteiger partial charge in [-0.05, 0) is 54.7 Å². The molecule has 0 heterocycles. The van der Waals surface area contributed by atoms with E-state index >= 15 is 0 Å². The first-order valence-electron chi connectivity index (χ1n) is 10.1. The van der Waals surface area contributed by atoms with Crippen LogP contribution in [0.15, 0.2) is 48.5 Å². The summed E-state index contributed by atoms with van der Waals surface area (Å²) in [5, 5.41) is 2.72. The van der Waals surface area contributed by atoms with Crippen LogP contribution in [0.5, 0.6) is 5.75 Å². The molecule has 5 heteroatoms. The average molecular weight is 397 g/mol. The Morgan fingerprint density at radius 2 is 1.59 bits per heavy atom. The van der Waals surface area contributed by atoms with Gasteiger partial charge in [-0.25, -0.2) is 0 Å². The molecule has 0 saturated carbocycles. The lowest BCUT2D eigenvalue weighted by Gasteiger charge is -2.20. The highest BCUT2D eigenvalue weighted by atomic mass is 16.5. The highest BCUT2D eigenvalue weighted by Crippen LogP contribution is 2.24. The summed E-state index contributed by atoms with van der Waals surface area (Å²) in [5.41, 5.74) is 2.92. The molecule has 0 unspecified atom stereocenters. The Morgan fingerprint density at radius 3 is 2.10 bits per heavy atom. The van der Waals surface area contributed by atoms with Crippen LogP contribution >= 0.6 is 0 Å². The molecular formula is C24H32N2O3. The van der Waals surface area contributed by atoms with Crippen LogP contribution in [0.4, 0.5) is 0 Å². The van der Waals surface area contributed by atoms with Crippen molar-refractivity contribution in [1.29, 1.82) is 0 Å². The minimum absolute atomic E-state index is 0.0681. The molecule has 156 valence electrons. The Morgan fingerprint density at radius 1 is 0.966 bits per heavy atom. The van der Waals surface area contributed by atoms with Crippen LogP contribution in [0.2, 0.25) is 0 Å². The lowest BCUT2D eigenvalue weighted by Crippen LogP contribution is -2.40. The van der Waals surface area contributed by atoms with Crippen LogP contribution in [0.3, 0.4) is 0 Å². The number of nitrogens with zero attached hydrogens (tertiary/aromatic N) is 1. The zero-order valence-corrected chi connectivity index (χ0v) is 18.1. The molecule has 2 rings (SSSR count). The molecule has 0 atom stereocenters. The highest BCUT2D eigenvalue weighted by Gasteiger charge is 2.17. The molecule has 2 aromatic carbocycles. The molecule has 2 aromatic rings. The fourth-order valence-electron chi connectivity index (χ4n) is 2.90. The Kier molecular flexibility index (Phi) is 7.82. The Hall–Kier alpha value is -2.82. The topological polar surface area (TPSA) is 58.6 Å². The number of rotatable bonds is 8. The third kappa shape index (κ3) is 6.63. The maximum absolute atomic E-state index is 12.6. The summed E-state index contributed by atoms with van der Waals surface area (Å²) in [6.07, 6.45) is 0. The normalized spacial score (nSPS) is 11.1. The molecule has 0 aliphatic heterocycles. The Labute approximate surface area is 174 Å². The van der Waals surface area contributed by atoms with Gasteiger partial charge in [0, 0.05) is 18.7 Å². The van der Waals surface area contributed by atoms with Crippen LogP contribution in [0.1, 0.15) is 56.1 Å². The van der Waals surface area contributed by atoms with Crippen molar-refractivity contribution in [3.05, 3.63) is 65.2 Å². The molecule has 0 fully saturated rings. The van der Waals surface area contributed by atoms with Crippen LogP contribution < -0.4 is 10.1 Å². The van der Waals surface area contributed by atoms with Gasteiger partial charge in [-0.3, -0.25) is 9.59 Å². The van der Waals surface area contributed by atoms with Crippen molar-refractivity contribution in [3.63, 3.8) is 0 Å². The third-order valence-electron chi connectivity index (χ3n) is 4.70. The van der Waals surface area contributed by atoms with Crippen LogP contribution in [0.25, 0.3) is 0 Å². The molecule has 1 N–H and O–H groups in total. The molecule has 0 aliphatic rings. The molecule has 5 nitrogen and oxygen atoms in total. The van der Waals surface area contributed by atoms with Gasteiger partial charge in [-0.1, -0.05) is 45.0 Å². The number of ether oxygens (including phenoxy) is 1. The van der Waals surface area contributed by atoms with Crippen molar-refractivity contribution in [1.82, 2.24) is 10.2 Å². The zero-order chi connectivity index (χ0) is 21.4. The largest absolute Gasteiger partial charge is 0.489 e. The molecular weight excluding hydrogens is 364 g/mol. The number of nitrogens with one attached hydrogen (secondary N) is 1. The highest BCUT2D eigenvalue weighted by molar-refractivity contribution is 5.96. The summed E-state index contributed by atoms with van der Waals surface area (Å²) in [6.45, 7) is 11.8. The number of carbonyl (C=O) groups is 2. The summed E-state index contributed by atoms with van der Waals surface area (Å²) in [4.78, 5) is 25.9. The van der Waals surface area contributed by atoms with Gasteiger partial charge in [0.1, 0.15) is 12.4 Å². The third-order valence-corrected chi connectivity index (χ3v) is 4.70. The maximum Gasteiger partial charge on any atom is 0.254 e. The summed E-state index contributed by atoms with van der Waals surface area (Å²) in [6, 6.07) is 15.5. The average Bonchev–Trinajstić information content (AvgIpc) is 2.70. The molecule has 0 aromatic heterocycles. The minimum atomic E-state index is -0.149. The van der Waals surface area contributed by atoms with Crippen molar-refractivity contribution < 1.29 is 14.3 Å². The van der Waals surface area contributed by atoms with E-state index < -0.39 is 0 Å².